The van der Waals surface area contributed by atoms with Crippen LogP contribution in [0.2, 0.25) is 5.02 Å². The fourth-order valence-corrected chi connectivity index (χ4v) is 5.69. The summed E-state index contributed by atoms with van der Waals surface area (Å²) >= 11 is 6.65. The number of hydrogen-bond donors (Lipinski definition) is 2. The zero-order valence-electron chi connectivity index (χ0n) is 21.4. The number of benzene rings is 2. The van der Waals surface area contributed by atoms with E-state index >= 15 is 0 Å². The molecule has 0 spiro atoms. The van der Waals surface area contributed by atoms with E-state index in [9.17, 15) is 9.59 Å². The highest BCUT2D eigenvalue weighted by Gasteiger charge is 2.51. The van der Waals surface area contributed by atoms with Crippen LogP contribution < -0.4 is 15.5 Å². The normalized spacial score (nSPS) is 18.1. The number of aryl methyl sites for hydroxylation is 1. The fourth-order valence-electron chi connectivity index (χ4n) is 5.43. The van der Waals surface area contributed by atoms with E-state index in [0.717, 1.165) is 37.2 Å². The average molecular weight is 520 g/mol. The number of amides is 2. The Morgan fingerprint density at radius 1 is 1.00 bits per heavy atom. The van der Waals surface area contributed by atoms with Gasteiger partial charge in [-0.3, -0.25) is 14.3 Å². The molecule has 2 fully saturated rings. The van der Waals surface area contributed by atoms with E-state index in [1.807, 2.05) is 36.4 Å². The summed E-state index contributed by atoms with van der Waals surface area (Å²) in [5.41, 5.74) is 2.98. The predicted molar refractivity (Wildman–Crippen MR) is 147 cm³/mol. The van der Waals surface area contributed by atoms with Crippen molar-refractivity contribution in [3.63, 3.8) is 0 Å². The summed E-state index contributed by atoms with van der Waals surface area (Å²) in [5.74, 6) is -0.896. The van der Waals surface area contributed by atoms with E-state index in [-0.39, 0.29) is 23.1 Å². The number of halogens is 1. The third kappa shape index (κ3) is 5.52. The third-order valence-corrected chi connectivity index (χ3v) is 8.19. The lowest BCUT2D eigenvalue weighted by atomic mass is 9.78. The quantitative estimate of drug-likeness (QED) is 0.418. The van der Waals surface area contributed by atoms with Gasteiger partial charge in [-0.25, -0.2) is 0 Å². The standard InChI is InChI=1S/C29H34ClN5O2/c1-29(15-16-29)25(22-8-4-5-9-23(22)30)26(33-27(36)24-14-17-31-34(24)2)28(37)32-20-10-12-21(13-11-20)35-18-6-3-7-19-35/h4-5,8-14,17,25-26H,3,6-7,15-16,18-19H2,1-2H3,(H,32,37)(H,33,36)/t25?,26-/m0/s1. The first-order chi connectivity index (χ1) is 17.9. The number of anilines is 2. The average Bonchev–Trinajstić information content (AvgIpc) is 3.50. The minimum Gasteiger partial charge on any atom is -0.372 e. The maximum atomic E-state index is 13.9. The molecule has 1 saturated heterocycles. The lowest BCUT2D eigenvalue weighted by Crippen LogP contribution is -2.50. The molecule has 5 rings (SSSR count). The SMILES string of the molecule is Cn1nccc1C(=O)N[C@H](C(=O)Nc1ccc(N2CCCCC2)cc1)C(c1ccccc1Cl)C1(C)CC1. The molecular formula is C29H34ClN5O2. The van der Waals surface area contributed by atoms with Crippen molar-refractivity contribution in [3.05, 3.63) is 77.1 Å². The molecule has 2 atom stereocenters. The predicted octanol–water partition coefficient (Wildman–Crippen LogP) is 5.38. The van der Waals surface area contributed by atoms with E-state index in [1.165, 1.54) is 23.9 Å². The third-order valence-electron chi connectivity index (χ3n) is 7.84. The van der Waals surface area contributed by atoms with Crippen LogP contribution in [0, 0.1) is 5.41 Å². The molecule has 194 valence electrons. The highest BCUT2D eigenvalue weighted by molar-refractivity contribution is 6.31. The van der Waals surface area contributed by atoms with Gasteiger partial charge in [0, 0.05) is 48.6 Å². The lowest BCUT2D eigenvalue weighted by Gasteiger charge is -2.33. The second-order valence-electron chi connectivity index (χ2n) is 10.5. The Morgan fingerprint density at radius 2 is 1.70 bits per heavy atom. The number of nitrogens with zero attached hydrogens (tertiary/aromatic N) is 3. The summed E-state index contributed by atoms with van der Waals surface area (Å²) in [7, 11) is 1.71. The van der Waals surface area contributed by atoms with Gasteiger partial charge in [-0.05, 0) is 79.5 Å². The van der Waals surface area contributed by atoms with Crippen LogP contribution in [-0.4, -0.2) is 40.7 Å². The topological polar surface area (TPSA) is 79.3 Å². The summed E-state index contributed by atoms with van der Waals surface area (Å²) in [4.78, 5) is 29.6. The van der Waals surface area contributed by atoms with Crippen molar-refractivity contribution in [2.45, 2.75) is 51.0 Å². The number of carbonyl (C=O) groups is 2. The fraction of sp³-hybridized carbons (Fsp3) is 0.414. The summed E-state index contributed by atoms with van der Waals surface area (Å²) < 4.78 is 1.51. The second-order valence-corrected chi connectivity index (χ2v) is 10.9. The summed E-state index contributed by atoms with van der Waals surface area (Å²) in [6, 6.07) is 16.4. The van der Waals surface area contributed by atoms with Gasteiger partial charge in [-0.1, -0.05) is 36.7 Å². The first kappa shape index (κ1) is 25.3. The van der Waals surface area contributed by atoms with Crippen molar-refractivity contribution in [1.29, 1.82) is 0 Å². The molecule has 2 heterocycles. The Kier molecular flexibility index (Phi) is 7.24. The van der Waals surface area contributed by atoms with Gasteiger partial charge in [0.25, 0.3) is 5.91 Å². The number of carbonyl (C=O) groups excluding carboxylic acids is 2. The van der Waals surface area contributed by atoms with Gasteiger partial charge in [0.15, 0.2) is 0 Å². The molecule has 37 heavy (non-hydrogen) atoms. The van der Waals surface area contributed by atoms with Crippen LogP contribution in [0.4, 0.5) is 11.4 Å². The molecule has 2 N–H and O–H groups in total. The molecule has 2 aliphatic rings. The molecule has 1 aliphatic carbocycles. The van der Waals surface area contributed by atoms with Crippen LogP contribution in [0.15, 0.2) is 60.8 Å². The second kappa shape index (κ2) is 10.6. The summed E-state index contributed by atoms with van der Waals surface area (Å²) in [5, 5.41) is 10.8. The molecule has 1 aromatic heterocycles. The monoisotopic (exact) mass is 519 g/mol. The molecule has 1 aliphatic heterocycles. The maximum absolute atomic E-state index is 13.9. The van der Waals surface area contributed by atoms with Crippen molar-refractivity contribution in [2.75, 3.05) is 23.3 Å². The number of hydrogen-bond acceptors (Lipinski definition) is 4. The molecule has 3 aromatic rings. The van der Waals surface area contributed by atoms with Crippen molar-refractivity contribution in [1.82, 2.24) is 15.1 Å². The number of rotatable bonds is 8. The van der Waals surface area contributed by atoms with Gasteiger partial charge in [0.2, 0.25) is 5.91 Å². The molecule has 0 radical (unpaired) electrons. The summed E-state index contributed by atoms with van der Waals surface area (Å²) in [6.07, 6.45) is 7.18. The van der Waals surface area contributed by atoms with Crippen molar-refractivity contribution < 1.29 is 9.59 Å². The Balaban J connectivity index is 1.43. The lowest BCUT2D eigenvalue weighted by molar-refractivity contribution is -0.119. The first-order valence-electron chi connectivity index (χ1n) is 13.0. The van der Waals surface area contributed by atoms with Crippen molar-refractivity contribution in [3.8, 4) is 0 Å². The number of aromatic nitrogens is 2. The molecule has 0 bridgehead atoms. The van der Waals surface area contributed by atoms with E-state index in [0.29, 0.717) is 16.4 Å². The van der Waals surface area contributed by atoms with Crippen molar-refractivity contribution >= 4 is 34.8 Å². The zero-order chi connectivity index (χ0) is 26.0. The van der Waals surface area contributed by atoms with Crippen LogP contribution >= 0.6 is 11.6 Å². The van der Waals surface area contributed by atoms with Gasteiger partial charge in [0.1, 0.15) is 11.7 Å². The van der Waals surface area contributed by atoms with Gasteiger partial charge in [0.05, 0.1) is 0 Å². The minimum atomic E-state index is -0.823. The van der Waals surface area contributed by atoms with Crippen LogP contribution in [0.1, 0.15) is 61.0 Å². The first-order valence-corrected chi connectivity index (χ1v) is 13.4. The van der Waals surface area contributed by atoms with Crippen LogP contribution in [0.5, 0.6) is 0 Å². The highest BCUT2D eigenvalue weighted by Crippen LogP contribution is 2.58. The van der Waals surface area contributed by atoms with E-state index < -0.39 is 6.04 Å². The largest absolute Gasteiger partial charge is 0.372 e. The van der Waals surface area contributed by atoms with E-state index in [1.54, 1.807) is 19.3 Å². The molecule has 1 saturated carbocycles. The Labute approximate surface area is 223 Å². The van der Waals surface area contributed by atoms with Gasteiger partial charge in [-0.15, -0.1) is 0 Å². The van der Waals surface area contributed by atoms with Gasteiger partial charge in [-0.2, -0.15) is 5.10 Å². The Morgan fingerprint density at radius 3 is 2.32 bits per heavy atom. The summed E-state index contributed by atoms with van der Waals surface area (Å²) in [6.45, 7) is 4.28. The maximum Gasteiger partial charge on any atom is 0.270 e. The number of piperidine rings is 1. The van der Waals surface area contributed by atoms with E-state index in [2.05, 4.69) is 39.7 Å². The molecule has 8 heteroatoms. The van der Waals surface area contributed by atoms with Crippen LogP contribution in [0.25, 0.3) is 0 Å². The van der Waals surface area contributed by atoms with Gasteiger partial charge < -0.3 is 15.5 Å². The van der Waals surface area contributed by atoms with Crippen LogP contribution in [-0.2, 0) is 11.8 Å². The minimum absolute atomic E-state index is 0.148. The zero-order valence-corrected chi connectivity index (χ0v) is 22.2. The van der Waals surface area contributed by atoms with Crippen molar-refractivity contribution in [2.24, 2.45) is 12.5 Å². The molecule has 1 unspecified atom stereocenters. The van der Waals surface area contributed by atoms with Gasteiger partial charge >= 0.3 is 0 Å². The molecule has 7 nitrogen and oxygen atoms in total. The Bertz CT molecular complexity index is 1260. The van der Waals surface area contributed by atoms with E-state index in [4.69, 9.17) is 11.6 Å². The molecule has 2 aromatic carbocycles. The molecule has 2 amide bonds. The smallest absolute Gasteiger partial charge is 0.270 e. The van der Waals surface area contributed by atoms with Crippen LogP contribution in [0.3, 0.4) is 0 Å². The number of nitrogens with one attached hydrogen (secondary N) is 2. The highest BCUT2D eigenvalue weighted by atomic mass is 35.5. The Hall–Kier alpha value is -3.32. The molecular weight excluding hydrogens is 486 g/mol.